The minimum atomic E-state index is 0.414. The molecule has 0 spiro atoms. The molecule has 1 unspecified atom stereocenters. The van der Waals surface area contributed by atoms with Gasteiger partial charge >= 0.3 is 0 Å². The van der Waals surface area contributed by atoms with Crippen LogP contribution in [0.3, 0.4) is 0 Å². The third-order valence-electron chi connectivity index (χ3n) is 3.27. The first kappa shape index (κ1) is 14.2. The quantitative estimate of drug-likeness (QED) is 0.783. The molecule has 1 N–H and O–H groups in total. The van der Waals surface area contributed by atoms with Crippen molar-refractivity contribution >= 4 is 11.8 Å². The van der Waals surface area contributed by atoms with Crippen molar-refractivity contribution in [3.63, 3.8) is 0 Å². The Morgan fingerprint density at radius 1 is 0.947 bits per heavy atom. The van der Waals surface area contributed by atoms with E-state index in [0.29, 0.717) is 6.04 Å². The molecule has 0 amide bonds. The van der Waals surface area contributed by atoms with E-state index in [9.17, 15) is 0 Å². The molecule has 0 fully saturated rings. The predicted molar refractivity (Wildman–Crippen MR) is 86.7 cm³/mol. The van der Waals surface area contributed by atoms with Crippen LogP contribution in [-0.2, 0) is 0 Å². The molecule has 0 heterocycles. The van der Waals surface area contributed by atoms with Crippen molar-refractivity contribution in [3.05, 3.63) is 60.2 Å². The highest BCUT2D eigenvalue weighted by molar-refractivity contribution is 7.98. The van der Waals surface area contributed by atoms with E-state index in [-0.39, 0.29) is 0 Å². The van der Waals surface area contributed by atoms with Crippen LogP contribution in [0.1, 0.15) is 18.5 Å². The van der Waals surface area contributed by atoms with Crippen molar-refractivity contribution in [1.29, 1.82) is 0 Å². The van der Waals surface area contributed by atoms with Crippen molar-refractivity contribution in [2.45, 2.75) is 13.0 Å². The molecule has 1 nitrogen and oxygen atoms in total. The minimum absolute atomic E-state index is 0.414. The maximum atomic E-state index is 3.54. The normalized spacial score (nSPS) is 12.3. The molecule has 0 saturated heterocycles. The van der Waals surface area contributed by atoms with Crippen molar-refractivity contribution in [1.82, 2.24) is 5.32 Å². The average molecular weight is 271 g/mol. The van der Waals surface area contributed by atoms with E-state index < -0.39 is 0 Å². The highest BCUT2D eigenvalue weighted by Crippen LogP contribution is 2.21. The number of hydrogen-bond donors (Lipinski definition) is 1. The van der Waals surface area contributed by atoms with E-state index in [2.05, 4.69) is 73.1 Å². The standard InChI is InChI=1S/C17H21NS/c1-14(18-12-13-19-2)15-8-10-17(11-9-15)16-6-4-3-5-7-16/h3-11,14,18H,12-13H2,1-2H3. The van der Waals surface area contributed by atoms with Crippen LogP contribution >= 0.6 is 11.8 Å². The van der Waals surface area contributed by atoms with Crippen LogP contribution < -0.4 is 5.32 Å². The van der Waals surface area contributed by atoms with Gasteiger partial charge in [0.05, 0.1) is 0 Å². The third-order valence-corrected chi connectivity index (χ3v) is 3.89. The van der Waals surface area contributed by atoms with Crippen molar-refractivity contribution in [3.8, 4) is 11.1 Å². The number of hydrogen-bond acceptors (Lipinski definition) is 2. The molecule has 2 rings (SSSR count). The lowest BCUT2D eigenvalue weighted by molar-refractivity contribution is 0.601. The predicted octanol–water partition coefficient (Wildman–Crippen LogP) is 4.37. The summed E-state index contributed by atoms with van der Waals surface area (Å²) < 4.78 is 0. The Morgan fingerprint density at radius 3 is 2.21 bits per heavy atom. The topological polar surface area (TPSA) is 12.0 Å². The van der Waals surface area contributed by atoms with Crippen LogP contribution in [0.4, 0.5) is 0 Å². The number of rotatable bonds is 6. The average Bonchev–Trinajstić information content (AvgIpc) is 2.48. The maximum Gasteiger partial charge on any atom is 0.0292 e. The van der Waals surface area contributed by atoms with Gasteiger partial charge in [-0.3, -0.25) is 0 Å². The molecule has 1 atom stereocenters. The highest BCUT2D eigenvalue weighted by Gasteiger charge is 2.04. The molecule has 0 aliphatic rings. The summed E-state index contributed by atoms with van der Waals surface area (Å²) in [6, 6.07) is 19.8. The molecule has 2 heteroatoms. The summed E-state index contributed by atoms with van der Waals surface area (Å²) in [7, 11) is 0. The summed E-state index contributed by atoms with van der Waals surface area (Å²) in [5.41, 5.74) is 3.90. The molecule has 100 valence electrons. The minimum Gasteiger partial charge on any atom is -0.309 e. The smallest absolute Gasteiger partial charge is 0.0292 e. The number of nitrogens with one attached hydrogen (secondary N) is 1. The fourth-order valence-corrected chi connectivity index (χ4v) is 2.41. The Labute approximate surface area is 120 Å². The van der Waals surface area contributed by atoms with Gasteiger partial charge in [-0.2, -0.15) is 11.8 Å². The van der Waals surface area contributed by atoms with Gasteiger partial charge in [0.2, 0.25) is 0 Å². The SMILES string of the molecule is CSCCNC(C)c1ccc(-c2ccccc2)cc1. The van der Waals surface area contributed by atoms with Gasteiger partial charge in [0.1, 0.15) is 0 Å². The van der Waals surface area contributed by atoms with Gasteiger partial charge in [-0.25, -0.2) is 0 Å². The van der Waals surface area contributed by atoms with E-state index in [1.165, 1.54) is 16.7 Å². The molecular formula is C17H21NS. The molecule has 0 aromatic heterocycles. The zero-order valence-electron chi connectivity index (χ0n) is 11.6. The van der Waals surface area contributed by atoms with Gasteiger partial charge in [-0.15, -0.1) is 0 Å². The van der Waals surface area contributed by atoms with Crippen LogP contribution in [-0.4, -0.2) is 18.6 Å². The zero-order chi connectivity index (χ0) is 13.5. The molecule has 0 aliphatic heterocycles. The first-order chi connectivity index (χ1) is 9.31. The molecule has 2 aromatic rings. The monoisotopic (exact) mass is 271 g/mol. The van der Waals surface area contributed by atoms with Crippen LogP contribution in [0, 0.1) is 0 Å². The first-order valence-electron chi connectivity index (χ1n) is 6.69. The molecule has 2 aromatic carbocycles. The van der Waals surface area contributed by atoms with Crippen LogP contribution in [0.25, 0.3) is 11.1 Å². The lowest BCUT2D eigenvalue weighted by Gasteiger charge is -2.14. The lowest BCUT2D eigenvalue weighted by Crippen LogP contribution is -2.21. The number of thioether (sulfide) groups is 1. The second kappa shape index (κ2) is 7.37. The zero-order valence-corrected chi connectivity index (χ0v) is 12.4. The summed E-state index contributed by atoms with van der Waals surface area (Å²) in [4.78, 5) is 0. The Morgan fingerprint density at radius 2 is 1.58 bits per heavy atom. The van der Waals surface area contributed by atoms with E-state index in [1.807, 2.05) is 11.8 Å². The van der Waals surface area contributed by atoms with E-state index in [4.69, 9.17) is 0 Å². The van der Waals surface area contributed by atoms with E-state index in [0.717, 1.165) is 12.3 Å². The largest absolute Gasteiger partial charge is 0.309 e. The first-order valence-corrected chi connectivity index (χ1v) is 8.08. The van der Waals surface area contributed by atoms with Crippen molar-refractivity contribution in [2.75, 3.05) is 18.6 Å². The van der Waals surface area contributed by atoms with Gasteiger partial charge in [0, 0.05) is 18.3 Å². The molecule has 0 radical (unpaired) electrons. The summed E-state index contributed by atoms with van der Waals surface area (Å²) in [6.07, 6.45) is 2.14. The summed E-state index contributed by atoms with van der Waals surface area (Å²) in [6.45, 7) is 3.28. The molecular weight excluding hydrogens is 250 g/mol. The molecule has 0 saturated carbocycles. The Balaban J connectivity index is 2.02. The highest BCUT2D eigenvalue weighted by atomic mass is 32.2. The van der Waals surface area contributed by atoms with E-state index in [1.54, 1.807) is 0 Å². The maximum absolute atomic E-state index is 3.54. The second-order valence-corrected chi connectivity index (χ2v) is 5.64. The Bertz CT molecular complexity index is 478. The molecule has 0 bridgehead atoms. The number of benzene rings is 2. The van der Waals surface area contributed by atoms with Crippen LogP contribution in [0.2, 0.25) is 0 Å². The fraction of sp³-hybridized carbons (Fsp3) is 0.294. The second-order valence-electron chi connectivity index (χ2n) is 4.66. The van der Waals surface area contributed by atoms with Crippen molar-refractivity contribution in [2.24, 2.45) is 0 Å². The summed E-state index contributed by atoms with van der Waals surface area (Å²) in [5, 5.41) is 3.54. The van der Waals surface area contributed by atoms with Gasteiger partial charge in [-0.05, 0) is 29.9 Å². The fourth-order valence-electron chi connectivity index (χ4n) is 2.09. The van der Waals surface area contributed by atoms with Gasteiger partial charge in [0.25, 0.3) is 0 Å². The van der Waals surface area contributed by atoms with Gasteiger partial charge in [0.15, 0.2) is 0 Å². The van der Waals surface area contributed by atoms with Crippen molar-refractivity contribution < 1.29 is 0 Å². The lowest BCUT2D eigenvalue weighted by atomic mass is 10.0. The Hall–Kier alpha value is -1.25. The van der Waals surface area contributed by atoms with Gasteiger partial charge < -0.3 is 5.32 Å². The molecule has 19 heavy (non-hydrogen) atoms. The third kappa shape index (κ3) is 4.12. The van der Waals surface area contributed by atoms with Gasteiger partial charge in [-0.1, -0.05) is 54.6 Å². The summed E-state index contributed by atoms with van der Waals surface area (Å²) >= 11 is 1.88. The van der Waals surface area contributed by atoms with Crippen LogP contribution in [0.5, 0.6) is 0 Å². The Kier molecular flexibility index (Phi) is 5.49. The van der Waals surface area contributed by atoms with E-state index >= 15 is 0 Å². The molecule has 0 aliphatic carbocycles. The summed E-state index contributed by atoms with van der Waals surface area (Å²) in [5.74, 6) is 1.16. The van der Waals surface area contributed by atoms with Crippen LogP contribution in [0.15, 0.2) is 54.6 Å².